The molecule has 0 unspecified atom stereocenters. The summed E-state index contributed by atoms with van der Waals surface area (Å²) in [6.07, 6.45) is -0.383. The predicted molar refractivity (Wildman–Crippen MR) is 188 cm³/mol. The van der Waals surface area contributed by atoms with Gasteiger partial charge in [0.05, 0.1) is 10.4 Å². The quantitative estimate of drug-likeness (QED) is 0.219. The van der Waals surface area contributed by atoms with Gasteiger partial charge in [-0.25, -0.2) is 31.5 Å². The topological polar surface area (TPSA) is 151 Å². The number of benzene rings is 2. The zero-order chi connectivity index (χ0) is 35.2. The van der Waals surface area contributed by atoms with Crippen LogP contribution < -0.4 is 15.5 Å². The lowest BCUT2D eigenvalue weighted by molar-refractivity contribution is 0.0240. The number of ether oxygens (including phenoxy) is 1. The minimum atomic E-state index is -4.18. The third-order valence-corrected chi connectivity index (χ3v) is 10.8. The van der Waals surface area contributed by atoms with E-state index in [0.29, 0.717) is 58.8 Å². The van der Waals surface area contributed by atoms with Gasteiger partial charge in [0.1, 0.15) is 50.9 Å². The van der Waals surface area contributed by atoms with Crippen molar-refractivity contribution in [3.8, 4) is 17.3 Å². The molecule has 1 aliphatic heterocycles. The number of fused-ring (bicyclic) bond motifs is 1. The van der Waals surface area contributed by atoms with Crippen molar-refractivity contribution in [2.24, 2.45) is 0 Å². The number of nitrogens with two attached hydrogens (primary N) is 1. The van der Waals surface area contributed by atoms with Gasteiger partial charge in [0.15, 0.2) is 5.13 Å². The van der Waals surface area contributed by atoms with E-state index in [1.165, 1.54) is 24.3 Å². The highest BCUT2D eigenvalue weighted by molar-refractivity contribution is 7.90. The number of nitriles is 1. The van der Waals surface area contributed by atoms with Crippen LogP contribution in [-0.4, -0.2) is 72.2 Å². The van der Waals surface area contributed by atoms with Crippen molar-refractivity contribution in [2.75, 3.05) is 48.8 Å². The number of hydrogen-bond donors (Lipinski definition) is 1. The zero-order valence-corrected chi connectivity index (χ0v) is 29.3. The van der Waals surface area contributed by atoms with Crippen molar-refractivity contribution < 1.29 is 22.3 Å². The molecule has 12 nitrogen and oxygen atoms in total. The van der Waals surface area contributed by atoms with Crippen LogP contribution in [0, 0.1) is 24.1 Å². The second-order valence-corrected chi connectivity index (χ2v) is 15.4. The molecule has 254 valence electrons. The Kier molecular flexibility index (Phi) is 8.72. The highest BCUT2D eigenvalue weighted by Gasteiger charge is 2.32. The van der Waals surface area contributed by atoms with Crippen molar-refractivity contribution in [1.29, 1.82) is 5.26 Å². The molecule has 2 N–H and O–H groups in total. The smallest absolute Gasteiger partial charge is 0.410 e. The van der Waals surface area contributed by atoms with Crippen LogP contribution >= 0.6 is 11.3 Å². The lowest BCUT2D eigenvalue weighted by atomic mass is 10.1. The molecule has 3 aromatic heterocycles. The van der Waals surface area contributed by atoms with Crippen LogP contribution in [0.15, 0.2) is 65.6 Å². The first-order valence-electron chi connectivity index (χ1n) is 15.4. The number of amides is 1. The van der Waals surface area contributed by atoms with E-state index in [0.717, 1.165) is 20.9 Å². The molecule has 0 radical (unpaired) electrons. The molecule has 0 saturated carbocycles. The number of rotatable bonds is 6. The second kappa shape index (κ2) is 12.7. The SMILES string of the molecule is Cc1ccc(S(=O)(=O)n2c(N)c(N(C)c3nc(-c4ccc(F)cc4)c(C#N)s3)c3nc(N4CCN(C(=O)OC(C)(C)C)CC4)ccc32)cc1. The molecule has 0 bridgehead atoms. The number of nitrogens with zero attached hydrogens (tertiary/aromatic N) is 7. The fraction of sp³-hybridized carbons (Fsp3) is 0.294. The van der Waals surface area contributed by atoms with E-state index in [9.17, 15) is 22.9 Å². The van der Waals surface area contributed by atoms with Gasteiger partial charge < -0.3 is 25.2 Å². The van der Waals surface area contributed by atoms with Crippen molar-refractivity contribution >= 4 is 60.9 Å². The number of thiazole rings is 1. The summed E-state index contributed by atoms with van der Waals surface area (Å²) < 4.78 is 48.6. The van der Waals surface area contributed by atoms with Gasteiger partial charge in [0.25, 0.3) is 10.0 Å². The minimum Gasteiger partial charge on any atom is -0.444 e. The summed E-state index contributed by atoms with van der Waals surface area (Å²) in [5.74, 6) is 0.0626. The maximum atomic E-state index is 14.1. The molecule has 1 fully saturated rings. The molecule has 49 heavy (non-hydrogen) atoms. The number of carbonyl (C=O) groups is 1. The van der Waals surface area contributed by atoms with E-state index in [4.69, 9.17) is 20.4 Å². The fourth-order valence-electron chi connectivity index (χ4n) is 5.58. The molecule has 4 heterocycles. The average molecular weight is 703 g/mol. The van der Waals surface area contributed by atoms with Gasteiger partial charge in [0, 0.05) is 38.8 Å². The van der Waals surface area contributed by atoms with Gasteiger partial charge in [-0.15, -0.1) is 0 Å². The molecule has 0 spiro atoms. The average Bonchev–Trinajstić information content (AvgIpc) is 3.63. The predicted octanol–water partition coefficient (Wildman–Crippen LogP) is 6.12. The Morgan fingerprint density at radius 1 is 1.02 bits per heavy atom. The van der Waals surface area contributed by atoms with Gasteiger partial charge in [0.2, 0.25) is 0 Å². The third kappa shape index (κ3) is 6.49. The van der Waals surface area contributed by atoms with Gasteiger partial charge in [-0.3, -0.25) is 0 Å². The lowest BCUT2D eigenvalue weighted by Crippen LogP contribution is -2.50. The van der Waals surface area contributed by atoms with Gasteiger partial charge in [-0.05, 0) is 76.2 Å². The monoisotopic (exact) mass is 702 g/mol. The molecule has 15 heteroatoms. The number of aryl methyl sites for hydroxylation is 1. The summed E-state index contributed by atoms with van der Waals surface area (Å²) in [7, 11) is -2.51. The molecule has 6 rings (SSSR count). The van der Waals surface area contributed by atoms with Crippen molar-refractivity contribution in [2.45, 2.75) is 38.2 Å². The Hall–Kier alpha value is -5.20. The fourth-order valence-corrected chi connectivity index (χ4v) is 7.88. The van der Waals surface area contributed by atoms with Crippen LogP contribution in [0.5, 0.6) is 0 Å². The molecule has 1 saturated heterocycles. The first-order chi connectivity index (χ1) is 23.2. The van der Waals surface area contributed by atoms with Crippen LogP contribution in [0.25, 0.3) is 22.3 Å². The van der Waals surface area contributed by atoms with E-state index in [1.54, 1.807) is 53.2 Å². The summed E-state index contributed by atoms with van der Waals surface area (Å²) in [4.78, 5) is 27.9. The summed E-state index contributed by atoms with van der Waals surface area (Å²) in [5, 5.41) is 10.3. The van der Waals surface area contributed by atoms with E-state index in [2.05, 4.69) is 6.07 Å². The molecule has 5 aromatic rings. The number of pyridine rings is 1. The van der Waals surface area contributed by atoms with E-state index < -0.39 is 21.4 Å². The number of halogens is 1. The molecular weight excluding hydrogens is 668 g/mol. The Balaban J connectivity index is 1.44. The third-order valence-electron chi connectivity index (χ3n) is 8.04. The van der Waals surface area contributed by atoms with Crippen LogP contribution in [0.2, 0.25) is 0 Å². The minimum absolute atomic E-state index is 0.0536. The number of aromatic nitrogens is 3. The largest absolute Gasteiger partial charge is 0.444 e. The Morgan fingerprint density at radius 3 is 2.29 bits per heavy atom. The van der Waals surface area contributed by atoms with Gasteiger partial charge in [-0.1, -0.05) is 29.0 Å². The van der Waals surface area contributed by atoms with Crippen LogP contribution in [-0.2, 0) is 14.8 Å². The van der Waals surface area contributed by atoms with Crippen LogP contribution in [0.4, 0.5) is 31.6 Å². The first-order valence-corrected chi connectivity index (χ1v) is 17.7. The van der Waals surface area contributed by atoms with Gasteiger partial charge >= 0.3 is 6.09 Å². The maximum absolute atomic E-state index is 14.1. The first kappa shape index (κ1) is 33.7. The van der Waals surface area contributed by atoms with Crippen molar-refractivity contribution in [3.63, 3.8) is 0 Å². The molecule has 1 amide bonds. The van der Waals surface area contributed by atoms with E-state index >= 15 is 0 Å². The maximum Gasteiger partial charge on any atom is 0.410 e. The number of piperazine rings is 1. The normalized spacial score (nSPS) is 13.8. The Morgan fingerprint density at radius 2 is 1.67 bits per heavy atom. The molecule has 0 atom stereocenters. The summed E-state index contributed by atoms with van der Waals surface area (Å²) in [6, 6.07) is 17.7. The summed E-state index contributed by atoms with van der Waals surface area (Å²) in [5.41, 5.74) is 8.79. The summed E-state index contributed by atoms with van der Waals surface area (Å²) >= 11 is 1.09. The summed E-state index contributed by atoms with van der Waals surface area (Å²) in [6.45, 7) is 9.10. The highest BCUT2D eigenvalue weighted by atomic mass is 32.2. The molecule has 2 aromatic carbocycles. The standard InChI is InChI=1S/C34H35FN8O4S2/c1-21-6-12-24(13-7-21)49(45,46)43-25-14-15-27(41-16-18-42(19-17-41)33(44)47-34(2,3)4)38-29(25)30(31(43)37)40(5)32-39-28(26(20-36)48-32)22-8-10-23(35)11-9-22/h6-15H,16-19,37H2,1-5H3. The number of nitrogen functional groups attached to an aromatic ring is 1. The Bertz CT molecular complexity index is 2190. The van der Waals surface area contributed by atoms with Crippen molar-refractivity contribution in [3.05, 3.63) is 76.9 Å². The number of carbonyl (C=O) groups excluding carboxylic acids is 1. The Labute approximate surface area is 287 Å². The molecular formula is C34H35FN8O4S2. The number of anilines is 4. The van der Waals surface area contributed by atoms with Crippen molar-refractivity contribution in [1.82, 2.24) is 18.8 Å². The highest BCUT2D eigenvalue weighted by Crippen LogP contribution is 2.43. The zero-order valence-electron chi connectivity index (χ0n) is 27.6. The second-order valence-electron chi connectivity index (χ2n) is 12.7. The van der Waals surface area contributed by atoms with Gasteiger partial charge in [-0.2, -0.15) is 5.26 Å². The number of hydrogen-bond acceptors (Lipinski definition) is 11. The molecule has 0 aliphatic carbocycles. The van der Waals surface area contributed by atoms with E-state index in [-0.39, 0.29) is 28.0 Å². The van der Waals surface area contributed by atoms with E-state index in [1.807, 2.05) is 32.6 Å². The van der Waals surface area contributed by atoms with Crippen LogP contribution in [0.3, 0.4) is 0 Å². The lowest BCUT2D eigenvalue weighted by Gasteiger charge is -2.36. The van der Waals surface area contributed by atoms with Crippen LogP contribution in [0.1, 0.15) is 31.2 Å². The molecule has 1 aliphatic rings.